The van der Waals surface area contributed by atoms with E-state index >= 15 is 0 Å². The fraction of sp³-hybridized carbons (Fsp3) is 0.538. The molecule has 2 fully saturated rings. The van der Waals surface area contributed by atoms with E-state index in [1.807, 2.05) is 0 Å². The topological polar surface area (TPSA) is 114 Å². The number of carbonyl (C=O) groups is 1. The number of hydrogen-bond acceptors (Lipinski definition) is 7. The molecule has 0 unspecified atom stereocenters. The largest absolute Gasteiger partial charge is 0.369 e. The molecule has 1 aliphatic carbocycles. The molecule has 2 aliphatic rings. The van der Waals surface area contributed by atoms with Gasteiger partial charge >= 0.3 is 0 Å². The van der Waals surface area contributed by atoms with Gasteiger partial charge in [-0.1, -0.05) is 34.8 Å². The molecule has 1 saturated carbocycles. The molecule has 3 heterocycles. The van der Waals surface area contributed by atoms with Crippen LogP contribution in [0.3, 0.4) is 0 Å². The molecule has 1 aromatic carbocycles. The number of carbonyl (C=O) groups excluding carboxylic acids is 1. The normalized spacial score (nSPS) is 22.6. The molecule has 1 atom stereocenters. The van der Waals surface area contributed by atoms with Gasteiger partial charge in [0, 0.05) is 35.6 Å². The van der Waals surface area contributed by atoms with Crippen molar-refractivity contribution >= 4 is 69.5 Å². The minimum atomic E-state index is -0.242. The summed E-state index contributed by atoms with van der Waals surface area (Å²) < 4.78 is 2.09. The summed E-state index contributed by atoms with van der Waals surface area (Å²) in [5.74, 6) is 0.784. The number of nitrogens with zero attached hydrogens (tertiary/aromatic N) is 5. The lowest BCUT2D eigenvalue weighted by Crippen LogP contribution is -2.45. The van der Waals surface area contributed by atoms with Crippen molar-refractivity contribution in [3.8, 4) is 0 Å². The minimum Gasteiger partial charge on any atom is -0.369 e. The molecule has 38 heavy (non-hydrogen) atoms. The van der Waals surface area contributed by atoms with E-state index in [0.29, 0.717) is 62.7 Å². The first-order chi connectivity index (χ1) is 18.2. The smallest absolute Gasteiger partial charge is 0.225 e. The summed E-state index contributed by atoms with van der Waals surface area (Å²) in [4.78, 5) is 28.6. The van der Waals surface area contributed by atoms with Crippen LogP contribution in [-0.4, -0.2) is 55.5 Å². The van der Waals surface area contributed by atoms with Crippen LogP contribution in [-0.2, 0) is 4.79 Å². The molecular formula is C26H33Cl3N8O. The lowest BCUT2D eigenvalue weighted by Gasteiger charge is -2.35. The molecule has 3 aromatic rings. The van der Waals surface area contributed by atoms with Gasteiger partial charge in [0.25, 0.3) is 0 Å². The van der Waals surface area contributed by atoms with Crippen molar-refractivity contribution in [1.29, 1.82) is 0 Å². The van der Waals surface area contributed by atoms with E-state index in [-0.39, 0.29) is 23.9 Å². The summed E-state index contributed by atoms with van der Waals surface area (Å²) in [6.45, 7) is 6.52. The van der Waals surface area contributed by atoms with Crippen LogP contribution in [0.15, 0.2) is 18.3 Å². The highest BCUT2D eigenvalue weighted by molar-refractivity contribution is 6.41. The number of benzene rings is 1. The molecule has 0 radical (unpaired) electrons. The van der Waals surface area contributed by atoms with Gasteiger partial charge in [0.15, 0.2) is 5.65 Å². The number of nitrogens with two attached hydrogens (primary N) is 1. The summed E-state index contributed by atoms with van der Waals surface area (Å²) in [6.07, 6.45) is 6.92. The Balaban J connectivity index is 1.49. The first-order valence-electron chi connectivity index (χ1n) is 13.2. The Kier molecular flexibility index (Phi) is 8.19. The molecule has 1 saturated heterocycles. The minimum absolute atomic E-state index is 0.0665. The third-order valence-corrected chi connectivity index (χ3v) is 8.47. The maximum absolute atomic E-state index is 11.8. The average molecular weight is 580 g/mol. The summed E-state index contributed by atoms with van der Waals surface area (Å²) in [7, 11) is 0. The predicted octanol–water partition coefficient (Wildman–Crippen LogP) is 6.03. The zero-order valence-corrected chi connectivity index (χ0v) is 23.8. The van der Waals surface area contributed by atoms with Crippen molar-refractivity contribution in [2.24, 2.45) is 11.7 Å². The maximum Gasteiger partial charge on any atom is 0.225 e. The molecule has 0 spiro atoms. The number of likely N-dealkylation sites (tertiary alicyclic amines) is 1. The van der Waals surface area contributed by atoms with Crippen LogP contribution < -0.4 is 16.4 Å². The fourth-order valence-corrected chi connectivity index (χ4v) is 6.47. The zero-order valence-electron chi connectivity index (χ0n) is 21.6. The monoisotopic (exact) mass is 578 g/mol. The summed E-state index contributed by atoms with van der Waals surface area (Å²) in [6, 6.07) is 4.11. The van der Waals surface area contributed by atoms with Crippen LogP contribution in [0.1, 0.15) is 58.4 Å². The molecule has 9 nitrogen and oxygen atoms in total. The Morgan fingerprint density at radius 2 is 1.79 bits per heavy atom. The van der Waals surface area contributed by atoms with Crippen molar-refractivity contribution in [2.75, 3.05) is 23.7 Å². The molecule has 2 aromatic heterocycles. The number of imidazole rings is 1. The molecule has 4 N–H and O–H groups in total. The second-order valence-corrected chi connectivity index (χ2v) is 11.8. The number of nitrogens with one attached hydrogen (secondary N) is 2. The molecule has 0 bridgehead atoms. The van der Waals surface area contributed by atoms with E-state index in [1.165, 1.54) is 0 Å². The van der Waals surface area contributed by atoms with Gasteiger partial charge in [-0.2, -0.15) is 4.98 Å². The SMILES string of the molecule is CC(C)N1CCC[C@@H](Nc2ncc3nc(Nc4c(Cl)cc(Cl)cc4Cl)n(C4CCC(C(N)=O)CC4)c3n2)C1. The molecule has 1 aliphatic heterocycles. The lowest BCUT2D eigenvalue weighted by molar-refractivity contribution is -0.122. The number of anilines is 3. The van der Waals surface area contributed by atoms with Crippen molar-refractivity contribution in [1.82, 2.24) is 24.4 Å². The Morgan fingerprint density at radius 3 is 2.45 bits per heavy atom. The van der Waals surface area contributed by atoms with Crippen LogP contribution >= 0.6 is 34.8 Å². The van der Waals surface area contributed by atoms with Gasteiger partial charge in [-0.25, -0.2) is 9.97 Å². The summed E-state index contributed by atoms with van der Waals surface area (Å²) in [5, 5.41) is 8.09. The predicted molar refractivity (Wildman–Crippen MR) is 154 cm³/mol. The first-order valence-corrected chi connectivity index (χ1v) is 14.3. The summed E-state index contributed by atoms with van der Waals surface area (Å²) >= 11 is 19.1. The number of rotatable bonds is 7. The van der Waals surface area contributed by atoms with Gasteiger partial charge in [-0.3, -0.25) is 14.3 Å². The highest BCUT2D eigenvalue weighted by atomic mass is 35.5. The van der Waals surface area contributed by atoms with Crippen LogP contribution in [0, 0.1) is 5.92 Å². The highest BCUT2D eigenvalue weighted by Crippen LogP contribution is 2.40. The van der Waals surface area contributed by atoms with E-state index in [9.17, 15) is 4.79 Å². The number of amides is 1. The van der Waals surface area contributed by atoms with E-state index < -0.39 is 0 Å². The quantitative estimate of drug-likeness (QED) is 0.313. The second kappa shape index (κ2) is 11.4. The molecule has 12 heteroatoms. The van der Waals surface area contributed by atoms with Gasteiger partial charge in [0.05, 0.1) is 21.9 Å². The Labute approximate surface area is 237 Å². The Morgan fingerprint density at radius 1 is 1.08 bits per heavy atom. The number of fused-ring (bicyclic) bond motifs is 1. The lowest BCUT2D eigenvalue weighted by atomic mass is 9.85. The van der Waals surface area contributed by atoms with Gasteiger partial charge in [0.1, 0.15) is 5.52 Å². The first kappa shape index (κ1) is 27.2. The number of hydrogen-bond donors (Lipinski definition) is 3. The van der Waals surface area contributed by atoms with E-state index in [0.717, 1.165) is 38.8 Å². The fourth-order valence-electron chi connectivity index (χ4n) is 5.56. The standard InChI is InChI=1S/C26H33Cl3N8O/c1-14(2)36-9-3-4-17(13-36)32-25-31-12-21-24(35-25)37(18-7-5-15(6-8-18)23(30)38)26(33-21)34-22-19(28)10-16(27)11-20(22)29/h10-12,14-15,17-18H,3-9,13H2,1-2H3,(H2,30,38)(H,33,34)(H,31,32,35)/t15?,17-,18?/m1/s1. The van der Waals surface area contributed by atoms with Crippen LogP contribution in [0.5, 0.6) is 0 Å². The van der Waals surface area contributed by atoms with Gasteiger partial charge in [0.2, 0.25) is 17.8 Å². The van der Waals surface area contributed by atoms with Crippen LogP contribution in [0.25, 0.3) is 11.2 Å². The third kappa shape index (κ3) is 5.81. The number of halogens is 3. The Bertz CT molecular complexity index is 1300. The third-order valence-electron chi connectivity index (χ3n) is 7.66. The van der Waals surface area contributed by atoms with E-state index in [4.69, 9.17) is 50.5 Å². The molecular weight excluding hydrogens is 547 g/mol. The summed E-state index contributed by atoms with van der Waals surface area (Å²) in [5.41, 5.74) is 7.48. The van der Waals surface area contributed by atoms with Crippen molar-refractivity contribution < 1.29 is 4.79 Å². The Hall–Kier alpha value is -2.33. The van der Waals surface area contributed by atoms with E-state index in [2.05, 4.69) is 38.9 Å². The van der Waals surface area contributed by atoms with Gasteiger partial charge < -0.3 is 16.4 Å². The van der Waals surface area contributed by atoms with E-state index in [1.54, 1.807) is 18.3 Å². The number of piperidine rings is 1. The van der Waals surface area contributed by atoms with Gasteiger partial charge in [-0.15, -0.1) is 0 Å². The van der Waals surface area contributed by atoms with Crippen LogP contribution in [0.4, 0.5) is 17.6 Å². The molecule has 5 rings (SSSR count). The maximum atomic E-state index is 11.8. The zero-order chi connectivity index (χ0) is 27.0. The van der Waals surface area contributed by atoms with Crippen LogP contribution in [0.2, 0.25) is 15.1 Å². The van der Waals surface area contributed by atoms with Crippen molar-refractivity contribution in [3.05, 3.63) is 33.4 Å². The van der Waals surface area contributed by atoms with Crippen molar-refractivity contribution in [2.45, 2.75) is 70.5 Å². The average Bonchev–Trinajstić information content (AvgIpc) is 3.23. The second-order valence-electron chi connectivity index (χ2n) is 10.6. The highest BCUT2D eigenvalue weighted by Gasteiger charge is 2.30. The van der Waals surface area contributed by atoms with Gasteiger partial charge in [-0.05, 0) is 71.0 Å². The number of primary amides is 1. The number of aromatic nitrogens is 4. The molecule has 1 amide bonds. The van der Waals surface area contributed by atoms with Crippen molar-refractivity contribution in [3.63, 3.8) is 0 Å². The molecule has 204 valence electrons.